The van der Waals surface area contributed by atoms with E-state index in [9.17, 15) is 26.3 Å². The molecule has 0 saturated heterocycles. The molecule has 0 bridgehead atoms. The summed E-state index contributed by atoms with van der Waals surface area (Å²) in [6, 6.07) is 70.1. The van der Waals surface area contributed by atoms with Crippen molar-refractivity contribution in [1.29, 1.82) is 0 Å². The van der Waals surface area contributed by atoms with Gasteiger partial charge in [0.15, 0.2) is 0 Å². The predicted molar refractivity (Wildman–Crippen MR) is 247 cm³/mol. The smallest absolute Gasteiger partial charge is 0.542 e. The number of carbonyl (C=O) groups excluding carboxylic acids is 2. The number of methoxy groups -OCH3 is 2. The van der Waals surface area contributed by atoms with Crippen LogP contribution in [0.15, 0.2) is 194 Å². The Morgan fingerprint density at radius 1 is 0.448 bits per heavy atom. The van der Waals surface area contributed by atoms with Gasteiger partial charge in [-0.05, 0) is 88.5 Å². The number of carboxylic acid groups (broad SMARTS) is 2. The first-order valence-electron chi connectivity index (χ1n) is 19.9. The molecule has 0 unspecified atom stereocenters. The summed E-state index contributed by atoms with van der Waals surface area (Å²) in [6.45, 7) is 0. The fraction of sp³-hybridized carbons (Fsp3) is 0.0769. The number of halogens is 6. The molecule has 6 nitrogen and oxygen atoms in total. The van der Waals surface area contributed by atoms with E-state index in [1.165, 1.54) is 53.7 Å². The van der Waals surface area contributed by atoms with Gasteiger partial charge in [0.25, 0.3) is 0 Å². The molecule has 0 heterocycles. The molecule has 8 rings (SSSR count). The number of hydrogen-bond donors (Lipinski definition) is 0. The second kappa shape index (κ2) is 23.4. The molecule has 0 spiro atoms. The number of hydrogen-bond acceptors (Lipinski definition) is 6. The Kier molecular flexibility index (Phi) is 18.0. The summed E-state index contributed by atoms with van der Waals surface area (Å²) in [5, 5.41) is 27.5. The molecule has 0 radical (unpaired) electrons. The van der Waals surface area contributed by atoms with Crippen LogP contribution in [0.2, 0.25) is 0 Å². The summed E-state index contributed by atoms with van der Waals surface area (Å²) in [7, 11) is 1.50. The van der Waals surface area contributed by atoms with E-state index < -0.39 is 40.1 Å². The minimum absolute atomic E-state index is 0. The SMILES string of the molecule is COc1cccc(P(c2ccccc2)c2ccccc2)c1-c1c(OC)ccc(-c2ccc3ccccc3c2)c1P(c1ccccc1)c1ccccc1.O=C([O-])C(F)(F)F.O=C([O-])C(F)(F)F.[Ru+2]. The Morgan fingerprint density at radius 3 is 1.25 bits per heavy atom. The van der Waals surface area contributed by atoms with E-state index in [0.29, 0.717) is 0 Å². The molecule has 0 aromatic heterocycles. The van der Waals surface area contributed by atoms with Crippen LogP contribution in [0.4, 0.5) is 26.3 Å². The van der Waals surface area contributed by atoms with Crippen molar-refractivity contribution in [2.45, 2.75) is 12.4 Å². The Labute approximate surface area is 398 Å². The summed E-state index contributed by atoms with van der Waals surface area (Å²) in [6.07, 6.45) is -10.4. The maximum atomic E-state index is 10.5. The van der Waals surface area contributed by atoms with Crippen LogP contribution in [-0.2, 0) is 29.1 Å². The van der Waals surface area contributed by atoms with Crippen LogP contribution in [0, 0.1) is 0 Å². The first-order valence-corrected chi connectivity index (χ1v) is 22.6. The van der Waals surface area contributed by atoms with Crippen LogP contribution in [-0.4, -0.2) is 38.5 Å². The van der Waals surface area contributed by atoms with Gasteiger partial charge in [-0.2, -0.15) is 26.3 Å². The number of aliphatic carboxylic acids is 2. The molecule has 0 saturated carbocycles. The molecule has 0 N–H and O–H groups in total. The number of alkyl halides is 6. The van der Waals surface area contributed by atoms with Gasteiger partial charge in [0.1, 0.15) is 23.4 Å². The standard InChI is InChI=1S/C48H38O2P2.2C2HF3O2.Ru/c1-49-43-28-17-29-45(51(38-20-7-3-8-21-38)39-22-9-4-10-23-39)46(43)47-44(50-2)33-32-42(37-31-30-35-18-15-16-19-36(35)34-37)48(47)52(40-24-11-5-12-25-40)41-26-13-6-14-27-41;2*3-2(4,5)1(6)7;/h3-34H,1-2H3;2*(H,6,7);/q;;;+2/p-2. The van der Waals surface area contributed by atoms with Gasteiger partial charge in [0, 0.05) is 16.4 Å². The average Bonchev–Trinajstić information content (AvgIpc) is 3.32. The minimum atomic E-state index is -5.19. The number of fused-ring (bicyclic) bond motifs is 1. The molecule has 0 fully saturated rings. The van der Waals surface area contributed by atoms with Gasteiger partial charge >= 0.3 is 31.8 Å². The molecule has 0 amide bonds. The van der Waals surface area contributed by atoms with Gasteiger partial charge < -0.3 is 29.3 Å². The third-order valence-electron chi connectivity index (χ3n) is 9.88. The predicted octanol–water partition coefficient (Wildman–Crippen LogP) is 8.30. The van der Waals surface area contributed by atoms with Gasteiger partial charge in [-0.25, -0.2) is 0 Å². The number of benzene rings is 8. The zero-order chi connectivity index (χ0) is 47.4. The fourth-order valence-electron chi connectivity index (χ4n) is 7.08. The van der Waals surface area contributed by atoms with Crippen LogP contribution in [0.5, 0.6) is 11.5 Å². The maximum absolute atomic E-state index is 10.5. The number of rotatable bonds is 10. The summed E-state index contributed by atoms with van der Waals surface area (Å²) >= 11 is 0. The van der Waals surface area contributed by atoms with Crippen molar-refractivity contribution in [3.05, 3.63) is 194 Å². The average molecular weight is 1040 g/mol. The van der Waals surface area contributed by atoms with Crippen molar-refractivity contribution < 1.29 is 75.1 Å². The molecular formula is C52H38F6O6P2Ru. The molecule has 0 aliphatic carbocycles. The third kappa shape index (κ3) is 12.7. The van der Waals surface area contributed by atoms with E-state index in [0.717, 1.165) is 22.6 Å². The van der Waals surface area contributed by atoms with Crippen LogP contribution < -0.4 is 51.5 Å². The van der Waals surface area contributed by atoms with E-state index in [2.05, 4.69) is 194 Å². The topological polar surface area (TPSA) is 98.7 Å². The second-order valence-corrected chi connectivity index (χ2v) is 18.4. The van der Waals surface area contributed by atoms with Crippen molar-refractivity contribution in [3.8, 4) is 33.8 Å². The normalized spacial score (nSPS) is 11.1. The Balaban J connectivity index is 0.000000489. The van der Waals surface area contributed by atoms with Crippen molar-refractivity contribution >= 4 is 70.4 Å². The molecule has 8 aromatic rings. The van der Waals surface area contributed by atoms with Gasteiger partial charge in [-0.15, -0.1) is 0 Å². The molecule has 342 valence electrons. The summed E-state index contributed by atoms with van der Waals surface area (Å²) in [5.41, 5.74) is 4.49. The fourth-order valence-corrected chi connectivity index (χ4v) is 12.2. The summed E-state index contributed by atoms with van der Waals surface area (Å²) in [5.74, 6) is -4.37. The first kappa shape index (κ1) is 51.6. The molecule has 0 atom stereocenters. The largest absolute Gasteiger partial charge is 2.00 e. The number of ether oxygens (including phenoxy) is 2. The van der Waals surface area contributed by atoms with E-state index >= 15 is 0 Å². The van der Waals surface area contributed by atoms with Gasteiger partial charge in [-0.1, -0.05) is 170 Å². The molecule has 0 aliphatic rings. The van der Waals surface area contributed by atoms with Gasteiger partial charge in [-0.3, -0.25) is 0 Å². The minimum Gasteiger partial charge on any atom is -0.542 e. The van der Waals surface area contributed by atoms with Crippen LogP contribution in [0.3, 0.4) is 0 Å². The zero-order valence-corrected chi connectivity index (χ0v) is 39.0. The van der Waals surface area contributed by atoms with E-state index in [4.69, 9.17) is 29.3 Å². The van der Waals surface area contributed by atoms with Crippen molar-refractivity contribution in [2.24, 2.45) is 0 Å². The first-order chi connectivity index (χ1) is 31.6. The molecule has 8 aromatic carbocycles. The molecule has 15 heteroatoms. The Hall–Kier alpha value is -6.38. The number of carbonyl (C=O) groups is 2. The quantitative estimate of drug-likeness (QED) is 0.0778. The van der Waals surface area contributed by atoms with Crippen molar-refractivity contribution in [1.82, 2.24) is 0 Å². The van der Waals surface area contributed by atoms with Crippen LogP contribution >= 0.6 is 15.8 Å². The van der Waals surface area contributed by atoms with Gasteiger partial charge in [0.2, 0.25) is 0 Å². The van der Waals surface area contributed by atoms with E-state index in [1.54, 1.807) is 14.2 Å². The summed E-state index contributed by atoms with van der Waals surface area (Å²) in [4.78, 5) is 17.6. The van der Waals surface area contributed by atoms with E-state index in [1.807, 2.05) is 0 Å². The third-order valence-corrected chi connectivity index (χ3v) is 14.9. The Morgan fingerprint density at radius 2 is 0.836 bits per heavy atom. The summed E-state index contributed by atoms with van der Waals surface area (Å²) < 4.78 is 75.9. The zero-order valence-electron chi connectivity index (χ0n) is 35.4. The van der Waals surface area contributed by atoms with Crippen LogP contribution in [0.1, 0.15) is 0 Å². The van der Waals surface area contributed by atoms with E-state index in [-0.39, 0.29) is 19.5 Å². The number of carboxylic acids is 2. The Bertz CT molecular complexity index is 2790. The molecule has 67 heavy (non-hydrogen) atoms. The monoisotopic (exact) mass is 1040 g/mol. The second-order valence-electron chi connectivity index (χ2n) is 14.0. The van der Waals surface area contributed by atoms with Gasteiger partial charge in [0.05, 0.1) is 14.2 Å². The van der Waals surface area contributed by atoms with Crippen molar-refractivity contribution in [3.63, 3.8) is 0 Å². The van der Waals surface area contributed by atoms with Crippen LogP contribution in [0.25, 0.3) is 33.0 Å². The van der Waals surface area contributed by atoms with Crippen molar-refractivity contribution in [2.75, 3.05) is 14.2 Å². The molecule has 0 aliphatic heterocycles. The molecular weight excluding hydrogens is 998 g/mol. The maximum Gasteiger partial charge on any atom is 2.00 e.